The van der Waals surface area contributed by atoms with Crippen molar-refractivity contribution in [2.75, 3.05) is 23.9 Å². The molecule has 2 heteroatoms. The van der Waals surface area contributed by atoms with E-state index in [1.807, 2.05) is 11.8 Å². The van der Waals surface area contributed by atoms with E-state index in [1.54, 1.807) is 0 Å². The second-order valence-corrected chi connectivity index (χ2v) is 4.43. The average molecular weight is 217 g/mol. The van der Waals surface area contributed by atoms with Gasteiger partial charge in [-0.1, -0.05) is 36.4 Å². The molecular formula is C13H15NS. The third-order valence-electron chi connectivity index (χ3n) is 2.41. The van der Waals surface area contributed by atoms with Crippen LogP contribution < -0.4 is 5.32 Å². The summed E-state index contributed by atoms with van der Waals surface area (Å²) < 4.78 is 0. The van der Waals surface area contributed by atoms with Crippen LogP contribution in [-0.4, -0.2) is 18.6 Å². The first-order valence-corrected chi connectivity index (χ1v) is 6.52. The van der Waals surface area contributed by atoms with Gasteiger partial charge in [-0.2, -0.15) is 11.8 Å². The lowest BCUT2D eigenvalue weighted by molar-refractivity contribution is 1.24. The van der Waals surface area contributed by atoms with Gasteiger partial charge in [0.05, 0.1) is 0 Å². The van der Waals surface area contributed by atoms with Crippen LogP contribution in [0, 0.1) is 0 Å². The smallest absolute Gasteiger partial charge is 0.0420 e. The van der Waals surface area contributed by atoms with Crippen LogP contribution in [0.4, 0.5) is 5.69 Å². The number of rotatable bonds is 4. The van der Waals surface area contributed by atoms with Crippen molar-refractivity contribution in [2.45, 2.75) is 0 Å². The Morgan fingerprint density at radius 3 is 2.73 bits per heavy atom. The van der Waals surface area contributed by atoms with Gasteiger partial charge >= 0.3 is 0 Å². The van der Waals surface area contributed by atoms with Crippen molar-refractivity contribution in [3.05, 3.63) is 42.5 Å². The minimum absolute atomic E-state index is 1.02. The zero-order valence-electron chi connectivity index (χ0n) is 8.86. The van der Waals surface area contributed by atoms with Gasteiger partial charge in [0, 0.05) is 23.4 Å². The lowest BCUT2D eigenvalue weighted by atomic mass is 10.1. The first kappa shape index (κ1) is 10.4. The summed E-state index contributed by atoms with van der Waals surface area (Å²) in [7, 11) is 0. The largest absolute Gasteiger partial charge is 0.384 e. The zero-order chi connectivity index (χ0) is 10.5. The van der Waals surface area contributed by atoms with Crippen molar-refractivity contribution in [1.29, 1.82) is 0 Å². The summed E-state index contributed by atoms with van der Waals surface area (Å²) in [4.78, 5) is 0. The van der Waals surface area contributed by atoms with Crippen LogP contribution in [0.25, 0.3) is 10.8 Å². The zero-order valence-corrected chi connectivity index (χ0v) is 9.68. The van der Waals surface area contributed by atoms with E-state index in [0.717, 1.165) is 12.3 Å². The third-order valence-corrected chi connectivity index (χ3v) is 3.02. The van der Waals surface area contributed by atoms with Gasteiger partial charge < -0.3 is 5.32 Å². The molecule has 0 aromatic heterocycles. The molecule has 1 N–H and O–H groups in total. The van der Waals surface area contributed by atoms with Crippen LogP contribution in [0.15, 0.2) is 42.5 Å². The quantitative estimate of drug-likeness (QED) is 0.785. The highest BCUT2D eigenvalue weighted by Crippen LogP contribution is 2.22. The van der Waals surface area contributed by atoms with Crippen molar-refractivity contribution < 1.29 is 0 Å². The minimum atomic E-state index is 1.02. The Morgan fingerprint density at radius 2 is 1.87 bits per heavy atom. The standard InChI is InChI=1S/C13H15NS/c1-15-10-9-14-13-8-4-6-11-5-2-3-7-12(11)13/h2-8,14H,9-10H2,1H3. The van der Waals surface area contributed by atoms with Crippen molar-refractivity contribution in [3.63, 3.8) is 0 Å². The predicted octanol–water partition coefficient (Wildman–Crippen LogP) is 3.61. The average Bonchev–Trinajstić information content (AvgIpc) is 2.30. The number of nitrogens with one attached hydrogen (secondary N) is 1. The molecule has 0 saturated heterocycles. The summed E-state index contributed by atoms with van der Waals surface area (Å²) in [5.41, 5.74) is 1.24. The van der Waals surface area contributed by atoms with Gasteiger partial charge in [-0.05, 0) is 17.7 Å². The fraction of sp³-hybridized carbons (Fsp3) is 0.231. The van der Waals surface area contributed by atoms with E-state index < -0.39 is 0 Å². The summed E-state index contributed by atoms with van der Waals surface area (Å²) in [5, 5.41) is 6.07. The fourth-order valence-corrected chi connectivity index (χ4v) is 1.97. The lowest BCUT2D eigenvalue weighted by Crippen LogP contribution is -2.03. The summed E-state index contributed by atoms with van der Waals surface area (Å²) in [5.74, 6) is 1.14. The van der Waals surface area contributed by atoms with Crippen LogP contribution in [0.3, 0.4) is 0 Å². The fourth-order valence-electron chi connectivity index (χ4n) is 1.67. The summed E-state index contributed by atoms with van der Waals surface area (Å²) in [6, 6.07) is 14.9. The molecule has 0 aliphatic carbocycles. The molecule has 0 aliphatic rings. The highest BCUT2D eigenvalue weighted by molar-refractivity contribution is 7.98. The molecule has 0 aliphatic heterocycles. The lowest BCUT2D eigenvalue weighted by Gasteiger charge is -2.08. The molecule has 0 unspecified atom stereocenters. The summed E-state index contributed by atoms with van der Waals surface area (Å²) >= 11 is 1.86. The maximum absolute atomic E-state index is 3.47. The van der Waals surface area contributed by atoms with E-state index in [9.17, 15) is 0 Å². The van der Waals surface area contributed by atoms with E-state index in [1.165, 1.54) is 16.5 Å². The summed E-state index contributed by atoms with van der Waals surface area (Å²) in [6.07, 6.45) is 2.13. The van der Waals surface area contributed by atoms with Gasteiger partial charge in [0.15, 0.2) is 0 Å². The van der Waals surface area contributed by atoms with Crippen LogP contribution >= 0.6 is 11.8 Å². The Kier molecular flexibility index (Phi) is 3.51. The molecule has 0 saturated carbocycles. The van der Waals surface area contributed by atoms with E-state index in [4.69, 9.17) is 0 Å². The molecule has 0 heterocycles. The van der Waals surface area contributed by atoms with Gasteiger partial charge in [-0.3, -0.25) is 0 Å². The molecule has 1 nitrogen and oxygen atoms in total. The number of anilines is 1. The molecule has 0 amide bonds. The van der Waals surface area contributed by atoms with Crippen LogP contribution in [0.2, 0.25) is 0 Å². The van der Waals surface area contributed by atoms with Crippen molar-refractivity contribution in [3.8, 4) is 0 Å². The van der Waals surface area contributed by atoms with E-state index in [-0.39, 0.29) is 0 Å². The van der Waals surface area contributed by atoms with Gasteiger partial charge in [-0.15, -0.1) is 0 Å². The number of benzene rings is 2. The van der Waals surface area contributed by atoms with Crippen LogP contribution in [0.5, 0.6) is 0 Å². The molecule has 0 radical (unpaired) electrons. The molecular weight excluding hydrogens is 202 g/mol. The van der Waals surface area contributed by atoms with E-state index in [2.05, 4.69) is 54.0 Å². The SMILES string of the molecule is CSCCNc1cccc2ccccc12. The highest BCUT2D eigenvalue weighted by Gasteiger charge is 1.97. The molecule has 2 aromatic carbocycles. The van der Waals surface area contributed by atoms with Gasteiger partial charge in [0.25, 0.3) is 0 Å². The molecule has 0 spiro atoms. The number of fused-ring (bicyclic) bond motifs is 1. The Balaban J connectivity index is 2.26. The van der Waals surface area contributed by atoms with Crippen molar-refractivity contribution in [1.82, 2.24) is 0 Å². The third kappa shape index (κ3) is 2.45. The Hall–Kier alpha value is -1.15. The summed E-state index contributed by atoms with van der Waals surface area (Å²) in [6.45, 7) is 1.02. The molecule has 0 fully saturated rings. The number of hydrogen-bond acceptors (Lipinski definition) is 2. The van der Waals surface area contributed by atoms with Gasteiger partial charge in [-0.25, -0.2) is 0 Å². The molecule has 15 heavy (non-hydrogen) atoms. The van der Waals surface area contributed by atoms with E-state index in [0.29, 0.717) is 0 Å². The first-order chi connectivity index (χ1) is 7.42. The van der Waals surface area contributed by atoms with Crippen LogP contribution in [0.1, 0.15) is 0 Å². The number of thioether (sulfide) groups is 1. The van der Waals surface area contributed by atoms with E-state index >= 15 is 0 Å². The molecule has 0 atom stereocenters. The highest BCUT2D eigenvalue weighted by atomic mass is 32.2. The Bertz CT molecular complexity index is 434. The maximum Gasteiger partial charge on any atom is 0.0420 e. The van der Waals surface area contributed by atoms with Gasteiger partial charge in [0.2, 0.25) is 0 Å². The second kappa shape index (κ2) is 5.08. The predicted molar refractivity (Wildman–Crippen MR) is 70.8 cm³/mol. The monoisotopic (exact) mass is 217 g/mol. The molecule has 2 aromatic rings. The van der Waals surface area contributed by atoms with Gasteiger partial charge in [0.1, 0.15) is 0 Å². The first-order valence-electron chi connectivity index (χ1n) is 5.12. The molecule has 0 bridgehead atoms. The van der Waals surface area contributed by atoms with Crippen molar-refractivity contribution in [2.24, 2.45) is 0 Å². The topological polar surface area (TPSA) is 12.0 Å². The molecule has 78 valence electrons. The van der Waals surface area contributed by atoms with Crippen LogP contribution in [-0.2, 0) is 0 Å². The second-order valence-electron chi connectivity index (χ2n) is 3.45. The Labute approximate surface area is 94.9 Å². The van der Waals surface area contributed by atoms with Crippen molar-refractivity contribution >= 4 is 28.2 Å². The molecule has 2 rings (SSSR count). The minimum Gasteiger partial charge on any atom is -0.384 e. The normalized spacial score (nSPS) is 10.5. The number of hydrogen-bond donors (Lipinski definition) is 1. The Morgan fingerprint density at radius 1 is 1.07 bits per heavy atom. The maximum atomic E-state index is 3.47.